The Balaban J connectivity index is 1.71. The van der Waals surface area contributed by atoms with Gasteiger partial charge in [0.25, 0.3) is 17.2 Å². The topological polar surface area (TPSA) is 103 Å². The zero-order chi connectivity index (χ0) is 20.1. The average molecular weight is 381 g/mol. The summed E-state index contributed by atoms with van der Waals surface area (Å²) >= 11 is 0. The van der Waals surface area contributed by atoms with Crippen molar-refractivity contribution in [2.45, 2.75) is 19.9 Å². The normalized spacial score (nSPS) is 10.6. The highest BCUT2D eigenvalue weighted by Gasteiger charge is 2.10. The minimum absolute atomic E-state index is 0.0567. The Kier molecular flexibility index (Phi) is 5.69. The third-order valence-electron chi connectivity index (χ3n) is 4.16. The van der Waals surface area contributed by atoms with Crippen LogP contribution >= 0.6 is 0 Å². The number of hydrogen-bond acceptors (Lipinski definition) is 5. The second kappa shape index (κ2) is 8.34. The van der Waals surface area contributed by atoms with Gasteiger partial charge in [-0.25, -0.2) is 0 Å². The molecule has 144 valence electrons. The van der Waals surface area contributed by atoms with Gasteiger partial charge < -0.3 is 14.6 Å². The Labute approximate surface area is 160 Å². The number of carbonyl (C=O) groups excluding carboxylic acids is 1. The molecule has 3 aromatic rings. The first kappa shape index (κ1) is 19.1. The van der Waals surface area contributed by atoms with Crippen molar-refractivity contribution < 1.29 is 14.5 Å². The van der Waals surface area contributed by atoms with Gasteiger partial charge >= 0.3 is 0 Å². The van der Waals surface area contributed by atoms with Crippen molar-refractivity contribution in [1.82, 2.24) is 4.57 Å². The van der Waals surface area contributed by atoms with E-state index in [0.29, 0.717) is 28.8 Å². The molecule has 0 saturated carbocycles. The molecule has 0 saturated heterocycles. The highest BCUT2D eigenvalue weighted by atomic mass is 16.6. The van der Waals surface area contributed by atoms with Crippen molar-refractivity contribution >= 4 is 28.1 Å². The van der Waals surface area contributed by atoms with E-state index in [2.05, 4.69) is 5.32 Å². The molecule has 28 heavy (non-hydrogen) atoms. The van der Waals surface area contributed by atoms with E-state index < -0.39 is 10.8 Å². The Morgan fingerprint density at radius 3 is 2.57 bits per heavy atom. The second-order valence-corrected chi connectivity index (χ2v) is 6.17. The number of ether oxygens (including phenoxy) is 1. The summed E-state index contributed by atoms with van der Waals surface area (Å²) < 4.78 is 7.25. The fourth-order valence-electron chi connectivity index (χ4n) is 2.84. The number of amides is 1. The second-order valence-electron chi connectivity index (χ2n) is 6.17. The van der Waals surface area contributed by atoms with Gasteiger partial charge in [0, 0.05) is 35.9 Å². The van der Waals surface area contributed by atoms with Gasteiger partial charge in [-0.3, -0.25) is 19.7 Å². The average Bonchev–Trinajstić information content (AvgIpc) is 2.69. The van der Waals surface area contributed by atoms with Crippen LogP contribution in [0.2, 0.25) is 0 Å². The molecule has 0 unspecified atom stereocenters. The SMILES string of the molecule is CCCn1ccc2c(OCC(=O)Nc3ccc([N+](=O)[O-])cc3)cccc2c1=O. The highest BCUT2D eigenvalue weighted by Crippen LogP contribution is 2.23. The first-order valence-electron chi connectivity index (χ1n) is 8.79. The number of hydrogen-bond donors (Lipinski definition) is 1. The van der Waals surface area contributed by atoms with Crippen LogP contribution in [0.4, 0.5) is 11.4 Å². The van der Waals surface area contributed by atoms with Gasteiger partial charge in [-0.1, -0.05) is 13.0 Å². The summed E-state index contributed by atoms with van der Waals surface area (Å²) in [5, 5.41) is 14.4. The molecular formula is C20H19N3O5. The van der Waals surface area contributed by atoms with Crippen LogP contribution in [0.25, 0.3) is 10.8 Å². The molecule has 0 spiro atoms. The van der Waals surface area contributed by atoms with Crippen LogP contribution in [0.15, 0.2) is 59.5 Å². The highest BCUT2D eigenvalue weighted by molar-refractivity contribution is 5.93. The molecular weight excluding hydrogens is 362 g/mol. The Hall–Kier alpha value is -3.68. The Morgan fingerprint density at radius 1 is 1.14 bits per heavy atom. The minimum atomic E-state index is -0.510. The van der Waals surface area contributed by atoms with Crippen LogP contribution in [0.3, 0.4) is 0 Å². The number of aryl methyl sites for hydroxylation is 1. The van der Waals surface area contributed by atoms with Crippen molar-refractivity contribution in [2.75, 3.05) is 11.9 Å². The molecule has 1 aromatic heterocycles. The summed E-state index contributed by atoms with van der Waals surface area (Å²) in [6.45, 7) is 2.38. The molecule has 1 heterocycles. The largest absolute Gasteiger partial charge is 0.483 e. The summed E-state index contributed by atoms with van der Waals surface area (Å²) in [7, 11) is 0. The molecule has 0 fully saturated rings. The maximum absolute atomic E-state index is 12.5. The van der Waals surface area contributed by atoms with Crippen molar-refractivity contribution in [3.05, 3.63) is 75.2 Å². The maximum Gasteiger partial charge on any atom is 0.269 e. The third kappa shape index (κ3) is 4.17. The smallest absolute Gasteiger partial charge is 0.269 e. The lowest BCUT2D eigenvalue weighted by Crippen LogP contribution is -2.21. The number of aromatic nitrogens is 1. The van der Waals surface area contributed by atoms with Gasteiger partial charge in [-0.2, -0.15) is 0 Å². The summed E-state index contributed by atoms with van der Waals surface area (Å²) in [4.78, 5) is 34.8. The van der Waals surface area contributed by atoms with Crippen LogP contribution < -0.4 is 15.6 Å². The molecule has 3 rings (SSSR count). The zero-order valence-corrected chi connectivity index (χ0v) is 15.3. The van der Waals surface area contributed by atoms with E-state index >= 15 is 0 Å². The number of rotatable bonds is 7. The minimum Gasteiger partial charge on any atom is -0.483 e. The predicted molar refractivity (Wildman–Crippen MR) is 106 cm³/mol. The summed E-state index contributed by atoms with van der Waals surface area (Å²) in [6, 6.07) is 12.5. The first-order valence-corrected chi connectivity index (χ1v) is 8.79. The molecule has 0 atom stereocenters. The number of pyridine rings is 1. The van der Waals surface area contributed by atoms with Crippen molar-refractivity contribution in [2.24, 2.45) is 0 Å². The number of nitro benzene ring substituents is 1. The van der Waals surface area contributed by atoms with Crippen LogP contribution in [0.5, 0.6) is 5.75 Å². The lowest BCUT2D eigenvalue weighted by molar-refractivity contribution is -0.384. The summed E-state index contributed by atoms with van der Waals surface area (Å²) in [6.07, 6.45) is 2.57. The molecule has 8 nitrogen and oxygen atoms in total. The number of fused-ring (bicyclic) bond motifs is 1. The molecule has 2 aromatic carbocycles. The van der Waals surface area contributed by atoms with E-state index in [1.165, 1.54) is 24.3 Å². The van der Waals surface area contributed by atoms with Gasteiger partial charge in [0.1, 0.15) is 5.75 Å². The lowest BCUT2D eigenvalue weighted by atomic mass is 10.1. The summed E-state index contributed by atoms with van der Waals surface area (Å²) in [5.74, 6) is 0.0299. The van der Waals surface area contributed by atoms with Gasteiger partial charge in [0.05, 0.1) is 10.3 Å². The molecule has 0 bridgehead atoms. The van der Waals surface area contributed by atoms with E-state index in [1.54, 1.807) is 35.0 Å². The van der Waals surface area contributed by atoms with Gasteiger partial charge in [-0.05, 0) is 36.8 Å². The molecule has 0 aliphatic rings. The van der Waals surface area contributed by atoms with E-state index in [4.69, 9.17) is 4.74 Å². The molecule has 0 radical (unpaired) electrons. The molecule has 0 aliphatic heterocycles. The van der Waals surface area contributed by atoms with Crippen LogP contribution in [-0.4, -0.2) is 22.0 Å². The fourth-order valence-corrected chi connectivity index (χ4v) is 2.84. The van der Waals surface area contributed by atoms with Crippen LogP contribution in [-0.2, 0) is 11.3 Å². The molecule has 1 N–H and O–H groups in total. The lowest BCUT2D eigenvalue weighted by Gasteiger charge is -2.11. The number of nitro groups is 1. The Morgan fingerprint density at radius 2 is 1.89 bits per heavy atom. The number of benzene rings is 2. The van der Waals surface area contributed by atoms with E-state index in [0.717, 1.165) is 6.42 Å². The monoisotopic (exact) mass is 381 g/mol. The predicted octanol–water partition coefficient (Wildman–Crippen LogP) is 3.34. The first-order chi connectivity index (χ1) is 13.5. The van der Waals surface area contributed by atoms with Crippen molar-refractivity contribution in [3.8, 4) is 5.75 Å². The van der Waals surface area contributed by atoms with Crippen LogP contribution in [0.1, 0.15) is 13.3 Å². The van der Waals surface area contributed by atoms with Gasteiger partial charge in [-0.15, -0.1) is 0 Å². The zero-order valence-electron chi connectivity index (χ0n) is 15.3. The molecule has 0 aliphatic carbocycles. The molecule has 1 amide bonds. The Bertz CT molecular complexity index is 1070. The third-order valence-corrected chi connectivity index (χ3v) is 4.16. The fraction of sp³-hybridized carbons (Fsp3) is 0.200. The van der Waals surface area contributed by atoms with Gasteiger partial charge in [0.2, 0.25) is 0 Å². The van der Waals surface area contributed by atoms with Crippen LogP contribution in [0, 0.1) is 10.1 Å². The number of carbonyl (C=O) groups is 1. The van der Waals surface area contributed by atoms with Crippen molar-refractivity contribution in [3.63, 3.8) is 0 Å². The van der Waals surface area contributed by atoms with E-state index in [-0.39, 0.29) is 17.9 Å². The number of nitrogens with one attached hydrogen (secondary N) is 1. The number of non-ortho nitro benzene ring substituents is 1. The quantitative estimate of drug-likeness (QED) is 0.499. The van der Waals surface area contributed by atoms with Crippen molar-refractivity contribution in [1.29, 1.82) is 0 Å². The van der Waals surface area contributed by atoms with E-state index in [9.17, 15) is 19.7 Å². The molecule has 8 heteroatoms. The van der Waals surface area contributed by atoms with Gasteiger partial charge in [0.15, 0.2) is 6.61 Å². The van der Waals surface area contributed by atoms with E-state index in [1.807, 2.05) is 6.92 Å². The standard InChI is InChI=1S/C20H19N3O5/c1-2-11-22-12-10-16-17(20(22)25)4-3-5-18(16)28-13-19(24)21-14-6-8-15(9-7-14)23(26)27/h3-10,12H,2,11,13H2,1H3,(H,21,24). The number of nitrogens with zero attached hydrogens (tertiary/aromatic N) is 2. The maximum atomic E-state index is 12.5. The number of anilines is 1. The summed E-state index contributed by atoms with van der Waals surface area (Å²) in [5.41, 5.74) is 0.276.